The van der Waals surface area contributed by atoms with Crippen molar-refractivity contribution in [3.63, 3.8) is 0 Å². The van der Waals surface area contributed by atoms with Crippen LogP contribution in [0.25, 0.3) is 0 Å². The molecule has 116 valence electrons. The number of amides is 1. The number of aliphatic hydroxyl groups is 1. The van der Waals surface area contributed by atoms with Gasteiger partial charge in [0.2, 0.25) is 5.91 Å². The average molecular weight is 315 g/mol. The average Bonchev–Trinajstić information content (AvgIpc) is 2.51. The first-order valence-corrected chi connectivity index (χ1v) is 7.82. The van der Waals surface area contributed by atoms with Crippen LogP contribution < -0.4 is 5.32 Å². The van der Waals surface area contributed by atoms with Gasteiger partial charge in [0.1, 0.15) is 12.6 Å². The number of sulfone groups is 1. The first kappa shape index (κ1) is 17.1. The molecule has 1 aromatic carbocycles. The molecule has 0 fully saturated rings. The summed E-state index contributed by atoms with van der Waals surface area (Å²) >= 11 is 0. The Balaban J connectivity index is 2.76. The normalized spacial score (nSPS) is 12.5. The second-order valence-electron chi connectivity index (χ2n) is 4.22. The van der Waals surface area contributed by atoms with E-state index in [1.807, 2.05) is 0 Å². The van der Waals surface area contributed by atoms with Crippen molar-refractivity contribution in [2.75, 3.05) is 19.5 Å². The molecule has 1 atom stereocenters. The van der Waals surface area contributed by atoms with Gasteiger partial charge in [-0.15, -0.1) is 0 Å². The van der Waals surface area contributed by atoms with Gasteiger partial charge in [-0.1, -0.05) is 18.2 Å². The second-order valence-corrected chi connectivity index (χ2v) is 6.33. The Morgan fingerprint density at radius 3 is 2.43 bits per heavy atom. The van der Waals surface area contributed by atoms with Crippen LogP contribution in [0, 0.1) is 0 Å². The summed E-state index contributed by atoms with van der Waals surface area (Å²) in [5, 5.41) is 10.9. The van der Waals surface area contributed by atoms with Gasteiger partial charge in [0.25, 0.3) is 0 Å². The first-order valence-electron chi connectivity index (χ1n) is 6.16. The van der Waals surface area contributed by atoms with Crippen molar-refractivity contribution in [3.05, 3.63) is 30.3 Å². The van der Waals surface area contributed by atoms with Crippen molar-refractivity contribution >= 4 is 21.7 Å². The molecule has 7 nitrogen and oxygen atoms in total. The fraction of sp³-hybridized carbons (Fsp3) is 0.385. The third-order valence-electron chi connectivity index (χ3n) is 2.74. The largest absolute Gasteiger partial charge is 0.467 e. The highest BCUT2D eigenvalue weighted by molar-refractivity contribution is 7.91. The topological polar surface area (TPSA) is 110 Å². The lowest BCUT2D eigenvalue weighted by molar-refractivity contribution is -0.145. The molecule has 8 heteroatoms. The molecule has 0 bridgehead atoms. The number of aliphatic hydroxyl groups excluding tert-OH is 1. The van der Waals surface area contributed by atoms with E-state index in [4.69, 9.17) is 5.11 Å². The molecule has 21 heavy (non-hydrogen) atoms. The fourth-order valence-electron chi connectivity index (χ4n) is 1.65. The molecule has 2 N–H and O–H groups in total. The minimum Gasteiger partial charge on any atom is -0.467 e. The highest BCUT2D eigenvalue weighted by Crippen LogP contribution is 2.12. The lowest BCUT2D eigenvalue weighted by Crippen LogP contribution is -2.43. The standard InChI is InChI=1S/C13H17NO6S/c1-20-13(17)11(14-12(16)9-15)7-8-21(18,19)10-5-3-2-4-6-10/h2-6,11,15H,7-9H2,1H3,(H,14,16)/t11-/m0/s1. The van der Waals surface area contributed by atoms with Crippen LogP contribution in [0.2, 0.25) is 0 Å². The van der Waals surface area contributed by atoms with E-state index in [2.05, 4.69) is 10.1 Å². The van der Waals surface area contributed by atoms with Gasteiger partial charge < -0.3 is 15.2 Å². The van der Waals surface area contributed by atoms with Crippen molar-refractivity contribution in [1.29, 1.82) is 0 Å². The summed E-state index contributed by atoms with van der Waals surface area (Å²) in [6.07, 6.45) is -0.143. The van der Waals surface area contributed by atoms with E-state index >= 15 is 0 Å². The molecule has 0 aliphatic carbocycles. The number of nitrogens with one attached hydrogen (secondary N) is 1. The van der Waals surface area contributed by atoms with Gasteiger partial charge in [-0.25, -0.2) is 13.2 Å². The van der Waals surface area contributed by atoms with Gasteiger partial charge in [-0.2, -0.15) is 0 Å². The minimum absolute atomic E-state index is 0.141. The van der Waals surface area contributed by atoms with Gasteiger partial charge in [-0.05, 0) is 18.6 Å². The number of hydrogen-bond donors (Lipinski definition) is 2. The van der Waals surface area contributed by atoms with Crippen molar-refractivity contribution in [1.82, 2.24) is 5.32 Å². The van der Waals surface area contributed by atoms with Gasteiger partial charge in [0, 0.05) is 0 Å². The summed E-state index contributed by atoms with van der Waals surface area (Å²) < 4.78 is 28.7. The number of methoxy groups -OCH3 is 1. The quantitative estimate of drug-likeness (QED) is 0.657. The molecule has 0 radical (unpaired) electrons. The molecule has 0 aliphatic heterocycles. The zero-order valence-electron chi connectivity index (χ0n) is 11.5. The number of rotatable bonds is 7. The van der Waals surface area contributed by atoms with E-state index in [1.165, 1.54) is 12.1 Å². The minimum atomic E-state index is -3.56. The number of carbonyl (C=O) groups excluding carboxylic acids is 2. The molecule has 0 saturated heterocycles. The van der Waals surface area contributed by atoms with E-state index in [9.17, 15) is 18.0 Å². The summed E-state index contributed by atoms with van der Waals surface area (Å²) in [6.45, 7) is -0.793. The molecule has 1 aromatic rings. The molecule has 1 amide bonds. The Morgan fingerprint density at radius 1 is 1.29 bits per heavy atom. The van der Waals surface area contributed by atoms with E-state index in [-0.39, 0.29) is 17.1 Å². The van der Waals surface area contributed by atoms with Crippen LogP contribution >= 0.6 is 0 Å². The number of esters is 1. The van der Waals surface area contributed by atoms with Gasteiger partial charge in [-0.3, -0.25) is 4.79 Å². The number of carbonyl (C=O) groups is 2. The Labute approximate surface area is 122 Å². The SMILES string of the molecule is COC(=O)[C@H](CCS(=O)(=O)c1ccccc1)NC(=O)CO. The summed E-state index contributed by atoms with van der Waals surface area (Å²) in [4.78, 5) is 22.8. The molecule has 0 unspecified atom stereocenters. The van der Waals surface area contributed by atoms with Crippen molar-refractivity contribution < 1.29 is 27.9 Å². The van der Waals surface area contributed by atoms with E-state index in [1.54, 1.807) is 18.2 Å². The maximum atomic E-state index is 12.1. The van der Waals surface area contributed by atoms with Gasteiger partial charge >= 0.3 is 5.97 Å². The zero-order chi connectivity index (χ0) is 15.9. The summed E-state index contributed by atoms with van der Waals surface area (Å²) in [6, 6.07) is 6.67. The number of hydrogen-bond acceptors (Lipinski definition) is 6. The third-order valence-corrected chi connectivity index (χ3v) is 4.51. The Kier molecular flexibility index (Phi) is 6.32. The first-order chi connectivity index (χ1) is 9.90. The molecule has 0 saturated carbocycles. The van der Waals surface area contributed by atoms with E-state index < -0.39 is 34.4 Å². The molecular weight excluding hydrogens is 298 g/mol. The van der Waals surface area contributed by atoms with Gasteiger partial charge in [0.15, 0.2) is 9.84 Å². The maximum Gasteiger partial charge on any atom is 0.328 e. The smallest absolute Gasteiger partial charge is 0.328 e. The van der Waals surface area contributed by atoms with Crippen LogP contribution in [0.5, 0.6) is 0 Å². The number of ether oxygens (including phenoxy) is 1. The lowest BCUT2D eigenvalue weighted by atomic mass is 10.2. The highest BCUT2D eigenvalue weighted by atomic mass is 32.2. The Hall–Kier alpha value is -1.93. The van der Waals surface area contributed by atoms with Crippen molar-refractivity contribution in [3.8, 4) is 0 Å². The van der Waals surface area contributed by atoms with Crippen LogP contribution in [0.1, 0.15) is 6.42 Å². The second kappa shape index (κ2) is 7.75. The molecule has 0 heterocycles. The number of benzene rings is 1. The zero-order valence-corrected chi connectivity index (χ0v) is 12.3. The van der Waals surface area contributed by atoms with Crippen LogP contribution in [-0.4, -0.2) is 50.9 Å². The van der Waals surface area contributed by atoms with Crippen LogP contribution in [0.15, 0.2) is 35.2 Å². The van der Waals surface area contributed by atoms with Crippen molar-refractivity contribution in [2.24, 2.45) is 0 Å². The van der Waals surface area contributed by atoms with Crippen molar-refractivity contribution in [2.45, 2.75) is 17.4 Å². The Bertz CT molecular complexity index is 584. The van der Waals surface area contributed by atoms with Crippen LogP contribution in [0.4, 0.5) is 0 Å². The monoisotopic (exact) mass is 315 g/mol. The molecular formula is C13H17NO6S. The predicted octanol–water partition coefficient (Wildman–Crippen LogP) is -0.499. The molecule has 0 aliphatic rings. The molecule has 1 rings (SSSR count). The summed E-state index contributed by atoms with van der Waals surface area (Å²) in [7, 11) is -2.43. The van der Waals surface area contributed by atoms with Crippen LogP contribution in [-0.2, 0) is 24.2 Å². The van der Waals surface area contributed by atoms with Gasteiger partial charge in [0.05, 0.1) is 17.8 Å². The van der Waals surface area contributed by atoms with E-state index in [0.29, 0.717) is 0 Å². The van der Waals surface area contributed by atoms with Crippen LogP contribution in [0.3, 0.4) is 0 Å². The summed E-state index contributed by atoms with van der Waals surface area (Å²) in [5.74, 6) is -1.87. The summed E-state index contributed by atoms with van der Waals surface area (Å²) in [5.41, 5.74) is 0. The Morgan fingerprint density at radius 2 is 1.90 bits per heavy atom. The maximum absolute atomic E-state index is 12.1. The van der Waals surface area contributed by atoms with E-state index in [0.717, 1.165) is 7.11 Å². The molecule has 0 aromatic heterocycles. The predicted molar refractivity (Wildman–Crippen MR) is 74.1 cm³/mol. The lowest BCUT2D eigenvalue weighted by Gasteiger charge is -2.15. The fourth-order valence-corrected chi connectivity index (χ4v) is 3.00. The highest BCUT2D eigenvalue weighted by Gasteiger charge is 2.24. The third kappa shape index (κ3) is 5.16. The molecule has 0 spiro atoms.